The number of hydrogen-bond acceptors (Lipinski definition) is 3. The molecule has 1 aliphatic carbocycles. The number of hydrogen-bond donors (Lipinski definition) is 1. The molecule has 0 heterocycles. The zero-order valence-electron chi connectivity index (χ0n) is 14.5. The van der Waals surface area contributed by atoms with Crippen molar-refractivity contribution >= 4 is 11.9 Å². The predicted octanol–water partition coefficient (Wildman–Crippen LogP) is 3.53. The van der Waals surface area contributed by atoms with Crippen molar-refractivity contribution in [2.45, 2.75) is 57.4 Å². The highest BCUT2D eigenvalue weighted by Gasteiger charge is 2.23. The van der Waals surface area contributed by atoms with Crippen LogP contribution in [-0.4, -0.2) is 25.0 Å². The van der Waals surface area contributed by atoms with E-state index < -0.39 is 23.6 Å². The van der Waals surface area contributed by atoms with Gasteiger partial charge in [0, 0.05) is 18.9 Å². The number of halogens is 2. The van der Waals surface area contributed by atoms with E-state index in [2.05, 4.69) is 5.32 Å². The van der Waals surface area contributed by atoms with Gasteiger partial charge in [0.25, 0.3) is 0 Å². The quantitative estimate of drug-likeness (QED) is 0.763. The van der Waals surface area contributed by atoms with E-state index in [1.54, 1.807) is 0 Å². The highest BCUT2D eigenvalue weighted by molar-refractivity contribution is 5.84. The zero-order chi connectivity index (χ0) is 18.2. The van der Waals surface area contributed by atoms with Crippen molar-refractivity contribution in [2.75, 3.05) is 7.11 Å². The van der Waals surface area contributed by atoms with Crippen molar-refractivity contribution in [3.05, 3.63) is 35.4 Å². The van der Waals surface area contributed by atoms with Crippen molar-refractivity contribution in [1.29, 1.82) is 0 Å². The van der Waals surface area contributed by atoms with E-state index >= 15 is 0 Å². The molecule has 1 saturated carbocycles. The maximum Gasteiger partial charge on any atom is 0.328 e. The zero-order valence-corrected chi connectivity index (χ0v) is 14.5. The number of rotatable bonds is 7. The molecule has 0 radical (unpaired) electrons. The molecule has 1 aromatic rings. The summed E-state index contributed by atoms with van der Waals surface area (Å²) in [4.78, 5) is 24.1. The predicted molar refractivity (Wildman–Crippen MR) is 89.8 cm³/mol. The average Bonchev–Trinajstić information content (AvgIpc) is 2.58. The van der Waals surface area contributed by atoms with Gasteiger partial charge in [-0.1, -0.05) is 32.1 Å². The van der Waals surface area contributed by atoms with Crippen LogP contribution < -0.4 is 5.32 Å². The summed E-state index contributed by atoms with van der Waals surface area (Å²) in [6.45, 7) is 0. The summed E-state index contributed by atoms with van der Waals surface area (Å²) >= 11 is 0. The molecule has 1 fully saturated rings. The van der Waals surface area contributed by atoms with Gasteiger partial charge in [0.2, 0.25) is 5.91 Å². The van der Waals surface area contributed by atoms with Crippen molar-refractivity contribution in [1.82, 2.24) is 5.32 Å². The second-order valence-corrected chi connectivity index (χ2v) is 6.67. The van der Waals surface area contributed by atoms with Crippen molar-refractivity contribution < 1.29 is 23.1 Å². The van der Waals surface area contributed by atoms with E-state index in [9.17, 15) is 18.4 Å². The summed E-state index contributed by atoms with van der Waals surface area (Å²) in [6, 6.07) is 2.10. The van der Waals surface area contributed by atoms with Gasteiger partial charge in [0.1, 0.15) is 17.7 Å². The minimum absolute atomic E-state index is 0.0173. The van der Waals surface area contributed by atoms with Crippen LogP contribution in [0.25, 0.3) is 0 Å². The lowest BCUT2D eigenvalue weighted by Crippen LogP contribution is -2.43. The molecular weight excluding hydrogens is 328 g/mol. The number of benzene rings is 1. The first-order valence-corrected chi connectivity index (χ1v) is 8.80. The van der Waals surface area contributed by atoms with Gasteiger partial charge >= 0.3 is 5.97 Å². The fourth-order valence-corrected chi connectivity index (χ4v) is 3.38. The first-order chi connectivity index (χ1) is 12.0. The van der Waals surface area contributed by atoms with Crippen LogP contribution in [0.15, 0.2) is 18.2 Å². The minimum atomic E-state index is -0.954. The van der Waals surface area contributed by atoms with Crippen molar-refractivity contribution in [2.24, 2.45) is 5.92 Å². The molecule has 4 nitrogen and oxygen atoms in total. The summed E-state index contributed by atoms with van der Waals surface area (Å²) in [5.74, 6) is -1.74. The Morgan fingerprint density at radius 3 is 2.40 bits per heavy atom. The molecule has 1 aliphatic rings. The second kappa shape index (κ2) is 9.49. The van der Waals surface area contributed by atoms with Gasteiger partial charge in [0.15, 0.2) is 0 Å². The Balaban J connectivity index is 1.92. The van der Waals surface area contributed by atoms with Crippen molar-refractivity contribution in [3.63, 3.8) is 0 Å². The van der Waals surface area contributed by atoms with Gasteiger partial charge in [-0.15, -0.1) is 0 Å². The Hall–Kier alpha value is -1.98. The Morgan fingerprint density at radius 2 is 1.80 bits per heavy atom. The number of ether oxygens (including phenoxy) is 1. The smallest absolute Gasteiger partial charge is 0.328 e. The molecule has 138 valence electrons. The van der Waals surface area contributed by atoms with Gasteiger partial charge in [0.05, 0.1) is 7.11 Å². The maximum absolute atomic E-state index is 13.3. The van der Waals surface area contributed by atoms with Crippen LogP contribution in [0.2, 0.25) is 0 Å². The molecule has 1 amide bonds. The summed E-state index contributed by atoms with van der Waals surface area (Å²) in [6.07, 6.45) is 7.11. The molecule has 0 unspecified atom stereocenters. The Labute approximate surface area is 146 Å². The standard InChI is InChI=1S/C19H25F2NO3/c1-25-19(24)17(11-14-9-15(20)12-16(21)10-14)22-18(23)8-7-13-5-3-2-4-6-13/h9-10,12-13,17H,2-8,11H2,1H3,(H,22,23)/t17-/m0/s1. The number of methoxy groups -OCH3 is 1. The van der Waals surface area contributed by atoms with E-state index in [0.29, 0.717) is 17.9 Å². The molecule has 0 bridgehead atoms. The molecular formula is C19H25F2NO3. The molecule has 2 rings (SSSR count). The van der Waals surface area contributed by atoms with Gasteiger partial charge < -0.3 is 10.1 Å². The summed E-state index contributed by atoms with van der Waals surface area (Å²) in [5, 5.41) is 2.64. The molecule has 6 heteroatoms. The van der Waals surface area contributed by atoms with E-state index in [-0.39, 0.29) is 12.3 Å². The van der Waals surface area contributed by atoms with Gasteiger partial charge in [-0.3, -0.25) is 4.79 Å². The average molecular weight is 353 g/mol. The van der Waals surface area contributed by atoms with Crippen LogP contribution >= 0.6 is 0 Å². The molecule has 0 aromatic heterocycles. The lowest BCUT2D eigenvalue weighted by Gasteiger charge is -2.22. The largest absolute Gasteiger partial charge is 0.467 e. The first-order valence-electron chi connectivity index (χ1n) is 8.80. The van der Waals surface area contributed by atoms with Crippen LogP contribution in [0, 0.1) is 17.6 Å². The van der Waals surface area contributed by atoms with E-state index in [1.165, 1.54) is 26.4 Å². The Morgan fingerprint density at radius 1 is 1.16 bits per heavy atom. The van der Waals surface area contributed by atoms with E-state index in [0.717, 1.165) is 37.5 Å². The third kappa shape index (κ3) is 6.44. The summed E-state index contributed by atoms with van der Waals surface area (Å²) < 4.78 is 31.3. The van der Waals surface area contributed by atoms with Crippen LogP contribution in [-0.2, 0) is 20.7 Å². The van der Waals surface area contributed by atoms with E-state index in [4.69, 9.17) is 4.74 Å². The molecule has 1 N–H and O–H groups in total. The van der Waals surface area contributed by atoms with Gasteiger partial charge in [-0.05, 0) is 30.0 Å². The van der Waals surface area contributed by atoms with Crippen LogP contribution in [0.5, 0.6) is 0 Å². The lowest BCUT2D eigenvalue weighted by atomic mass is 9.86. The molecule has 0 saturated heterocycles. The van der Waals surface area contributed by atoms with E-state index in [1.807, 2.05) is 0 Å². The molecule has 1 aromatic carbocycles. The summed E-state index contributed by atoms with van der Waals surface area (Å²) in [5.41, 5.74) is 0.292. The number of esters is 1. The number of carbonyl (C=O) groups is 2. The SMILES string of the molecule is COC(=O)[C@H](Cc1cc(F)cc(F)c1)NC(=O)CCC1CCCCC1. The molecule has 25 heavy (non-hydrogen) atoms. The lowest BCUT2D eigenvalue weighted by molar-refractivity contribution is -0.145. The topological polar surface area (TPSA) is 55.4 Å². The Kier molecular flexibility index (Phi) is 7.34. The maximum atomic E-state index is 13.3. The second-order valence-electron chi connectivity index (χ2n) is 6.67. The number of carbonyl (C=O) groups excluding carboxylic acids is 2. The highest BCUT2D eigenvalue weighted by atomic mass is 19.1. The van der Waals surface area contributed by atoms with Crippen LogP contribution in [0.3, 0.4) is 0 Å². The third-order valence-electron chi connectivity index (χ3n) is 4.69. The molecule has 0 aliphatic heterocycles. The molecule has 0 spiro atoms. The van der Waals surface area contributed by atoms with Crippen LogP contribution in [0.1, 0.15) is 50.5 Å². The normalized spacial score (nSPS) is 16.3. The number of nitrogens with one attached hydrogen (secondary N) is 1. The minimum Gasteiger partial charge on any atom is -0.467 e. The Bertz CT molecular complexity index is 580. The monoisotopic (exact) mass is 353 g/mol. The van der Waals surface area contributed by atoms with Crippen LogP contribution in [0.4, 0.5) is 8.78 Å². The molecule has 1 atom stereocenters. The first kappa shape index (κ1) is 19.3. The number of amides is 1. The van der Waals surface area contributed by atoms with Gasteiger partial charge in [-0.25, -0.2) is 13.6 Å². The fraction of sp³-hybridized carbons (Fsp3) is 0.579. The fourth-order valence-electron chi connectivity index (χ4n) is 3.38. The van der Waals surface area contributed by atoms with Gasteiger partial charge in [-0.2, -0.15) is 0 Å². The highest BCUT2D eigenvalue weighted by Crippen LogP contribution is 2.27. The summed E-state index contributed by atoms with van der Waals surface area (Å²) in [7, 11) is 1.22. The third-order valence-corrected chi connectivity index (χ3v) is 4.69. The van der Waals surface area contributed by atoms with Crippen molar-refractivity contribution in [3.8, 4) is 0 Å².